The summed E-state index contributed by atoms with van der Waals surface area (Å²) in [7, 11) is 0. The third-order valence-electron chi connectivity index (χ3n) is 3.06. The maximum absolute atomic E-state index is 11.9. The van der Waals surface area contributed by atoms with Crippen molar-refractivity contribution < 1.29 is 0 Å². The van der Waals surface area contributed by atoms with Crippen LogP contribution in [0.5, 0.6) is 0 Å². The lowest BCUT2D eigenvalue weighted by molar-refractivity contribution is 0.574. The van der Waals surface area contributed by atoms with Crippen LogP contribution >= 0.6 is 0 Å². The van der Waals surface area contributed by atoms with Crippen LogP contribution in [0.3, 0.4) is 0 Å². The van der Waals surface area contributed by atoms with Gasteiger partial charge in [0, 0.05) is 12.5 Å². The highest BCUT2D eigenvalue weighted by atomic mass is 16.1. The minimum atomic E-state index is -0.0146. The van der Waals surface area contributed by atoms with Crippen molar-refractivity contribution in [2.45, 2.75) is 46.5 Å². The molecule has 0 aliphatic heterocycles. The highest BCUT2D eigenvalue weighted by molar-refractivity contribution is 5.40. The molecule has 0 aliphatic carbocycles. The first-order chi connectivity index (χ1) is 8.60. The average Bonchev–Trinajstić information content (AvgIpc) is 2.70. The topological polar surface area (TPSA) is 50.2 Å². The van der Waals surface area contributed by atoms with Crippen molar-refractivity contribution >= 4 is 5.65 Å². The van der Waals surface area contributed by atoms with Gasteiger partial charge in [0.05, 0.1) is 0 Å². The average molecular weight is 247 g/mol. The molecular weight excluding hydrogens is 226 g/mol. The van der Waals surface area contributed by atoms with Crippen molar-refractivity contribution in [3.8, 4) is 0 Å². The molecule has 4 heteroatoms. The summed E-state index contributed by atoms with van der Waals surface area (Å²) in [5.41, 5.74) is 1.80. The molecule has 0 spiro atoms. The first-order valence-electron chi connectivity index (χ1n) is 6.70. The Morgan fingerprint density at radius 2 is 2.11 bits per heavy atom. The van der Waals surface area contributed by atoms with Crippen LogP contribution in [-0.4, -0.2) is 14.6 Å². The molecule has 0 saturated carbocycles. The number of fused-ring (bicyclic) bond motifs is 1. The van der Waals surface area contributed by atoms with E-state index in [0.29, 0.717) is 5.92 Å². The summed E-state index contributed by atoms with van der Waals surface area (Å²) in [5, 5.41) is 3.08. The minimum Gasteiger partial charge on any atom is -0.276 e. The zero-order chi connectivity index (χ0) is 13.1. The molecule has 0 saturated heterocycles. The number of pyridine rings is 1. The predicted molar refractivity (Wildman–Crippen MR) is 73.0 cm³/mol. The van der Waals surface area contributed by atoms with E-state index in [0.717, 1.165) is 42.7 Å². The molecule has 98 valence electrons. The molecule has 18 heavy (non-hydrogen) atoms. The highest BCUT2D eigenvalue weighted by Gasteiger charge is 2.06. The van der Waals surface area contributed by atoms with Gasteiger partial charge in [0.15, 0.2) is 5.65 Å². The van der Waals surface area contributed by atoms with Gasteiger partial charge in [0.1, 0.15) is 5.82 Å². The molecule has 4 nitrogen and oxygen atoms in total. The lowest BCUT2D eigenvalue weighted by Crippen LogP contribution is -2.13. The van der Waals surface area contributed by atoms with E-state index >= 15 is 0 Å². The minimum absolute atomic E-state index is 0.0146. The Bertz CT molecular complexity index is 580. The Morgan fingerprint density at radius 1 is 1.33 bits per heavy atom. The van der Waals surface area contributed by atoms with Crippen LogP contribution in [0.2, 0.25) is 0 Å². The van der Waals surface area contributed by atoms with Gasteiger partial charge in [-0.25, -0.2) is 9.50 Å². The highest BCUT2D eigenvalue weighted by Crippen LogP contribution is 2.08. The fourth-order valence-electron chi connectivity index (χ4n) is 2.07. The first-order valence-corrected chi connectivity index (χ1v) is 6.70. The van der Waals surface area contributed by atoms with E-state index in [1.807, 2.05) is 6.07 Å². The number of rotatable bonds is 5. The number of aromatic nitrogens is 3. The molecule has 0 unspecified atom stereocenters. The van der Waals surface area contributed by atoms with Crippen LogP contribution in [0.15, 0.2) is 16.9 Å². The van der Waals surface area contributed by atoms with Gasteiger partial charge in [-0.1, -0.05) is 27.2 Å². The number of aromatic amines is 1. The maximum Gasteiger partial charge on any atom is 0.271 e. The zero-order valence-corrected chi connectivity index (χ0v) is 11.4. The van der Waals surface area contributed by atoms with Crippen molar-refractivity contribution in [3.05, 3.63) is 33.9 Å². The second-order valence-electron chi connectivity index (χ2n) is 5.25. The van der Waals surface area contributed by atoms with E-state index < -0.39 is 0 Å². The van der Waals surface area contributed by atoms with E-state index in [1.54, 1.807) is 6.07 Å². The fourth-order valence-corrected chi connectivity index (χ4v) is 2.07. The van der Waals surface area contributed by atoms with E-state index in [-0.39, 0.29) is 5.56 Å². The summed E-state index contributed by atoms with van der Waals surface area (Å²) < 4.78 is 1.54. The molecule has 0 fully saturated rings. The van der Waals surface area contributed by atoms with Crippen LogP contribution in [-0.2, 0) is 12.8 Å². The molecule has 0 bridgehead atoms. The fraction of sp³-hybridized carbons (Fsp3) is 0.571. The lowest BCUT2D eigenvalue weighted by atomic mass is 10.1. The molecule has 2 heterocycles. The number of nitrogens with one attached hydrogen (secondary N) is 1. The van der Waals surface area contributed by atoms with Crippen LogP contribution in [0.1, 0.15) is 45.0 Å². The SMILES string of the molecule is CCCc1cc(=O)n2[nH]c(CCC(C)C)nc2c1. The monoisotopic (exact) mass is 247 g/mol. The van der Waals surface area contributed by atoms with E-state index in [1.165, 1.54) is 4.52 Å². The summed E-state index contributed by atoms with van der Waals surface area (Å²) in [6, 6.07) is 3.70. The maximum atomic E-state index is 11.9. The Labute approximate surface area is 107 Å². The second kappa shape index (κ2) is 5.38. The van der Waals surface area contributed by atoms with Gasteiger partial charge in [-0.2, -0.15) is 0 Å². The van der Waals surface area contributed by atoms with Gasteiger partial charge in [0.2, 0.25) is 0 Å². The quantitative estimate of drug-likeness (QED) is 0.882. The smallest absolute Gasteiger partial charge is 0.271 e. The largest absolute Gasteiger partial charge is 0.276 e. The molecule has 2 aromatic heterocycles. The van der Waals surface area contributed by atoms with E-state index in [2.05, 4.69) is 30.9 Å². The molecule has 1 N–H and O–H groups in total. The van der Waals surface area contributed by atoms with Crippen molar-refractivity contribution in [1.29, 1.82) is 0 Å². The number of aryl methyl sites for hydroxylation is 2. The first kappa shape index (κ1) is 12.9. The summed E-state index contributed by atoms with van der Waals surface area (Å²) in [6.45, 7) is 6.49. The molecule has 2 rings (SSSR count). The number of nitrogens with zero attached hydrogens (tertiary/aromatic N) is 2. The third-order valence-corrected chi connectivity index (χ3v) is 3.06. The number of hydrogen-bond acceptors (Lipinski definition) is 2. The molecule has 0 radical (unpaired) electrons. The Balaban J connectivity index is 2.32. The predicted octanol–water partition coefficient (Wildman–Crippen LogP) is 2.56. The van der Waals surface area contributed by atoms with Gasteiger partial charge in [-0.3, -0.25) is 9.89 Å². The van der Waals surface area contributed by atoms with E-state index in [9.17, 15) is 4.79 Å². The van der Waals surface area contributed by atoms with Gasteiger partial charge in [-0.05, 0) is 30.4 Å². The Morgan fingerprint density at radius 3 is 2.78 bits per heavy atom. The van der Waals surface area contributed by atoms with Crippen molar-refractivity contribution in [2.24, 2.45) is 5.92 Å². The summed E-state index contributed by atoms with van der Waals surface area (Å²) >= 11 is 0. The van der Waals surface area contributed by atoms with Crippen LogP contribution in [0.25, 0.3) is 5.65 Å². The number of H-pyrrole nitrogens is 1. The van der Waals surface area contributed by atoms with Crippen LogP contribution in [0.4, 0.5) is 0 Å². The molecule has 2 aromatic rings. The second-order valence-corrected chi connectivity index (χ2v) is 5.25. The van der Waals surface area contributed by atoms with Crippen LogP contribution in [0, 0.1) is 5.92 Å². The summed E-state index contributed by atoms with van der Waals surface area (Å²) in [6.07, 6.45) is 3.94. The molecular formula is C14H21N3O. The Hall–Kier alpha value is -1.58. The summed E-state index contributed by atoms with van der Waals surface area (Å²) in [4.78, 5) is 16.4. The zero-order valence-electron chi connectivity index (χ0n) is 11.4. The van der Waals surface area contributed by atoms with Gasteiger partial charge in [-0.15, -0.1) is 0 Å². The van der Waals surface area contributed by atoms with Crippen molar-refractivity contribution in [3.63, 3.8) is 0 Å². The standard InChI is InChI=1S/C14H21N3O/c1-4-5-11-8-13-15-12(7-6-10(2)3)16-17(13)14(18)9-11/h8-10H,4-7H2,1-3H3,(H,15,16). The normalized spacial score (nSPS) is 11.6. The molecule has 0 aromatic carbocycles. The van der Waals surface area contributed by atoms with Gasteiger partial charge in [0.25, 0.3) is 5.56 Å². The molecule has 0 atom stereocenters. The summed E-state index contributed by atoms with van der Waals surface area (Å²) in [5.74, 6) is 1.54. The third kappa shape index (κ3) is 2.81. The van der Waals surface area contributed by atoms with Gasteiger partial charge >= 0.3 is 0 Å². The molecule has 0 aliphatic rings. The van der Waals surface area contributed by atoms with Crippen LogP contribution < -0.4 is 5.56 Å². The molecule has 0 amide bonds. The van der Waals surface area contributed by atoms with Gasteiger partial charge < -0.3 is 0 Å². The lowest BCUT2D eigenvalue weighted by Gasteiger charge is -1.99. The van der Waals surface area contributed by atoms with Crippen molar-refractivity contribution in [1.82, 2.24) is 14.6 Å². The van der Waals surface area contributed by atoms with E-state index in [4.69, 9.17) is 0 Å². The number of hydrogen-bond donors (Lipinski definition) is 1. The Kier molecular flexibility index (Phi) is 3.84. The van der Waals surface area contributed by atoms with Crippen molar-refractivity contribution in [2.75, 3.05) is 0 Å².